The van der Waals surface area contributed by atoms with E-state index in [0.717, 1.165) is 25.7 Å². The Morgan fingerprint density at radius 1 is 1.38 bits per heavy atom. The Labute approximate surface area is 93.6 Å². The Hall–Kier alpha value is -1.43. The second-order valence-electron chi connectivity index (χ2n) is 4.22. The number of aromatic nitrogens is 2. The van der Waals surface area contributed by atoms with Crippen molar-refractivity contribution in [3.05, 3.63) is 11.8 Å². The summed E-state index contributed by atoms with van der Waals surface area (Å²) in [4.78, 5) is 11.3. The summed E-state index contributed by atoms with van der Waals surface area (Å²) in [5.41, 5.74) is 2.20. The number of rotatable bonds is 2. The van der Waals surface area contributed by atoms with Crippen LogP contribution in [0, 0.1) is 12.8 Å². The lowest BCUT2D eigenvalue weighted by Crippen LogP contribution is -2.37. The molecule has 0 aromatic carbocycles. The molecule has 0 aliphatic heterocycles. The van der Waals surface area contributed by atoms with Gasteiger partial charge in [0.25, 0.3) is 0 Å². The Balaban J connectivity index is 1.92. The van der Waals surface area contributed by atoms with Crippen molar-refractivity contribution >= 4 is 5.91 Å². The molecular formula is C10H16N4O2. The minimum absolute atomic E-state index is 0.0327. The van der Waals surface area contributed by atoms with Crippen molar-refractivity contribution in [1.29, 1.82) is 0 Å². The first-order valence-electron chi connectivity index (χ1n) is 5.51. The van der Waals surface area contributed by atoms with Crippen molar-refractivity contribution in [1.82, 2.24) is 15.6 Å². The van der Waals surface area contributed by atoms with Crippen LogP contribution in [0.2, 0.25) is 0 Å². The second kappa shape index (κ2) is 4.61. The third-order valence-corrected chi connectivity index (χ3v) is 3.13. The summed E-state index contributed by atoms with van der Waals surface area (Å²) < 4.78 is 5.40. The first kappa shape index (κ1) is 11.1. The molecule has 0 radical (unpaired) electrons. The van der Waals surface area contributed by atoms with Crippen LogP contribution in [-0.4, -0.2) is 16.1 Å². The molecule has 1 amide bonds. The average molecular weight is 224 g/mol. The number of nitrogens with zero attached hydrogens (tertiary/aromatic N) is 2. The molecule has 16 heavy (non-hydrogen) atoms. The van der Waals surface area contributed by atoms with Gasteiger partial charge in [-0.2, -0.15) is 0 Å². The van der Waals surface area contributed by atoms with Gasteiger partial charge < -0.3 is 4.42 Å². The van der Waals surface area contributed by atoms with E-state index in [0.29, 0.717) is 17.7 Å². The molecule has 3 N–H and O–H groups in total. The zero-order valence-corrected chi connectivity index (χ0v) is 9.27. The van der Waals surface area contributed by atoms with E-state index >= 15 is 0 Å². The summed E-state index contributed by atoms with van der Waals surface area (Å²) in [6.45, 7) is 1.78. The van der Waals surface area contributed by atoms with Crippen LogP contribution < -0.4 is 11.3 Å². The fourth-order valence-corrected chi connectivity index (χ4v) is 2.20. The van der Waals surface area contributed by atoms with Gasteiger partial charge >= 0.3 is 0 Å². The van der Waals surface area contributed by atoms with Crippen molar-refractivity contribution < 1.29 is 9.21 Å². The number of hydrazine groups is 1. The second-order valence-corrected chi connectivity index (χ2v) is 4.22. The standard InChI is InChI=1S/C10H16N4O2/c1-6-13-14-10(16-6)8-4-2-7(3-5-8)9(15)12-11/h7-8H,2-5,11H2,1H3,(H,12,15). The maximum atomic E-state index is 11.3. The van der Waals surface area contributed by atoms with E-state index in [2.05, 4.69) is 15.6 Å². The molecule has 1 aromatic rings. The maximum absolute atomic E-state index is 11.3. The highest BCUT2D eigenvalue weighted by molar-refractivity contribution is 5.78. The summed E-state index contributed by atoms with van der Waals surface area (Å²) in [7, 11) is 0. The highest BCUT2D eigenvalue weighted by Gasteiger charge is 2.29. The van der Waals surface area contributed by atoms with Crippen molar-refractivity contribution in [2.75, 3.05) is 0 Å². The van der Waals surface area contributed by atoms with Crippen LogP contribution in [0.5, 0.6) is 0 Å². The van der Waals surface area contributed by atoms with Gasteiger partial charge in [0.15, 0.2) is 0 Å². The number of aryl methyl sites for hydroxylation is 1. The number of carbonyl (C=O) groups excluding carboxylic acids is 1. The Bertz CT molecular complexity index is 369. The monoisotopic (exact) mass is 224 g/mol. The molecule has 6 nitrogen and oxygen atoms in total. The van der Waals surface area contributed by atoms with Crippen molar-refractivity contribution in [2.24, 2.45) is 11.8 Å². The molecule has 0 spiro atoms. The van der Waals surface area contributed by atoms with Gasteiger partial charge in [0.05, 0.1) is 0 Å². The number of hydrogen-bond acceptors (Lipinski definition) is 5. The van der Waals surface area contributed by atoms with Crippen LogP contribution in [-0.2, 0) is 4.79 Å². The zero-order valence-electron chi connectivity index (χ0n) is 9.27. The fraction of sp³-hybridized carbons (Fsp3) is 0.700. The molecule has 1 aromatic heterocycles. The Morgan fingerprint density at radius 2 is 2.06 bits per heavy atom. The molecule has 1 fully saturated rings. The van der Waals surface area contributed by atoms with Crippen LogP contribution >= 0.6 is 0 Å². The molecule has 1 heterocycles. The summed E-state index contributed by atoms with van der Waals surface area (Å²) >= 11 is 0. The highest BCUT2D eigenvalue weighted by Crippen LogP contribution is 2.34. The summed E-state index contributed by atoms with van der Waals surface area (Å²) in [5.74, 6) is 6.66. The van der Waals surface area contributed by atoms with Crippen LogP contribution in [0.1, 0.15) is 43.4 Å². The molecule has 0 atom stereocenters. The van der Waals surface area contributed by atoms with Gasteiger partial charge in [-0.3, -0.25) is 10.2 Å². The summed E-state index contributed by atoms with van der Waals surface area (Å²) in [5, 5.41) is 7.83. The normalized spacial score (nSPS) is 25.4. The molecule has 88 valence electrons. The van der Waals surface area contributed by atoms with Crippen molar-refractivity contribution in [3.63, 3.8) is 0 Å². The predicted molar refractivity (Wildman–Crippen MR) is 56.1 cm³/mol. The van der Waals surface area contributed by atoms with Crippen molar-refractivity contribution in [2.45, 2.75) is 38.5 Å². The van der Waals surface area contributed by atoms with E-state index in [1.807, 2.05) is 0 Å². The van der Waals surface area contributed by atoms with E-state index in [1.54, 1.807) is 6.92 Å². The molecule has 6 heteroatoms. The third kappa shape index (κ3) is 2.21. The van der Waals surface area contributed by atoms with Gasteiger partial charge in [-0.05, 0) is 25.7 Å². The van der Waals surface area contributed by atoms with Crippen LogP contribution in [0.3, 0.4) is 0 Å². The van der Waals surface area contributed by atoms with Gasteiger partial charge in [0.2, 0.25) is 17.7 Å². The largest absolute Gasteiger partial charge is 0.425 e. The number of nitrogens with two attached hydrogens (primary N) is 1. The average Bonchev–Trinajstić information content (AvgIpc) is 2.75. The minimum atomic E-state index is -0.0693. The van der Waals surface area contributed by atoms with E-state index in [4.69, 9.17) is 10.3 Å². The SMILES string of the molecule is Cc1nnc(C2CCC(C(=O)NN)CC2)o1. The highest BCUT2D eigenvalue weighted by atomic mass is 16.4. The van der Waals surface area contributed by atoms with E-state index in [1.165, 1.54) is 0 Å². The maximum Gasteiger partial charge on any atom is 0.236 e. The van der Waals surface area contributed by atoms with Crippen LogP contribution in [0.15, 0.2) is 4.42 Å². The van der Waals surface area contributed by atoms with Gasteiger partial charge in [-0.15, -0.1) is 10.2 Å². The molecule has 0 saturated heterocycles. The number of nitrogens with one attached hydrogen (secondary N) is 1. The Kier molecular flexibility index (Phi) is 3.19. The lowest BCUT2D eigenvalue weighted by molar-refractivity contribution is -0.126. The molecule has 0 unspecified atom stereocenters. The number of hydrogen-bond donors (Lipinski definition) is 2. The smallest absolute Gasteiger partial charge is 0.236 e. The lowest BCUT2D eigenvalue weighted by atomic mass is 9.81. The number of amides is 1. The molecule has 0 bridgehead atoms. The van der Waals surface area contributed by atoms with Crippen LogP contribution in [0.4, 0.5) is 0 Å². The Morgan fingerprint density at radius 3 is 2.56 bits per heavy atom. The van der Waals surface area contributed by atoms with E-state index < -0.39 is 0 Å². The molecule has 1 saturated carbocycles. The minimum Gasteiger partial charge on any atom is -0.425 e. The van der Waals surface area contributed by atoms with Crippen LogP contribution in [0.25, 0.3) is 0 Å². The van der Waals surface area contributed by atoms with E-state index in [9.17, 15) is 4.79 Å². The lowest BCUT2D eigenvalue weighted by Gasteiger charge is -2.24. The third-order valence-electron chi connectivity index (χ3n) is 3.13. The van der Waals surface area contributed by atoms with Gasteiger partial charge in [0.1, 0.15) is 0 Å². The van der Waals surface area contributed by atoms with Gasteiger partial charge in [-0.1, -0.05) is 0 Å². The van der Waals surface area contributed by atoms with E-state index in [-0.39, 0.29) is 11.8 Å². The first-order valence-corrected chi connectivity index (χ1v) is 5.51. The topological polar surface area (TPSA) is 94.0 Å². The van der Waals surface area contributed by atoms with Crippen molar-refractivity contribution in [3.8, 4) is 0 Å². The zero-order chi connectivity index (χ0) is 11.5. The molecule has 1 aliphatic rings. The quantitative estimate of drug-likeness (QED) is 0.437. The fourth-order valence-electron chi connectivity index (χ4n) is 2.20. The summed E-state index contributed by atoms with van der Waals surface area (Å²) in [6, 6.07) is 0. The van der Waals surface area contributed by atoms with Gasteiger partial charge in [0, 0.05) is 18.8 Å². The molecule has 1 aliphatic carbocycles. The number of carbonyl (C=O) groups is 1. The van der Waals surface area contributed by atoms with Gasteiger partial charge in [-0.25, -0.2) is 5.84 Å². The predicted octanol–water partition coefficient (Wildman–Crippen LogP) is 0.642. The summed E-state index contributed by atoms with van der Waals surface area (Å²) in [6.07, 6.45) is 3.46. The molecular weight excluding hydrogens is 208 g/mol. The first-order chi connectivity index (χ1) is 7.70. The molecule has 2 rings (SSSR count).